The average molecular weight is 1120 g/mol. The molecule has 0 spiro atoms. The lowest BCUT2D eigenvalue weighted by Crippen LogP contribution is -2.33. The van der Waals surface area contributed by atoms with E-state index in [0.717, 1.165) is 135 Å². The minimum absolute atomic E-state index is 0.00699. The highest BCUT2D eigenvalue weighted by Gasteiger charge is 2.35. The molecule has 0 aromatic carbocycles. The van der Waals surface area contributed by atoms with E-state index in [4.69, 9.17) is 0 Å². The molecule has 0 aromatic heterocycles. The molecule has 0 saturated heterocycles. The first-order valence-corrected chi connectivity index (χ1v) is 35.5. The Kier molecular flexibility index (Phi) is 42.2. The molecule has 474 valence electrons. The van der Waals surface area contributed by atoms with Crippen molar-refractivity contribution >= 4 is 0 Å². The van der Waals surface area contributed by atoms with Crippen LogP contribution >= 0.6 is 0 Å². The van der Waals surface area contributed by atoms with Gasteiger partial charge in [0.05, 0.1) is 36.6 Å². The van der Waals surface area contributed by atoms with Crippen LogP contribution in [0.5, 0.6) is 0 Å². The fourth-order valence-electron chi connectivity index (χ4n) is 16.6. The zero-order valence-corrected chi connectivity index (χ0v) is 56.5. The van der Waals surface area contributed by atoms with Crippen LogP contribution in [0.4, 0.5) is 0 Å². The predicted octanol–water partition coefficient (Wildman–Crippen LogP) is 19.7. The number of hydrogen-bond acceptors (Lipinski definition) is 6. The Hall–Kier alpha value is -0.240. The van der Waals surface area contributed by atoms with Crippen LogP contribution in [0, 0.1) is 107 Å². The molecule has 6 saturated carbocycles. The van der Waals surface area contributed by atoms with Crippen molar-refractivity contribution in [2.75, 3.05) is 0 Å². The Bertz CT molecular complexity index is 1400. The lowest BCUT2D eigenvalue weighted by Gasteiger charge is -2.36. The lowest BCUT2D eigenvalue weighted by molar-refractivity contribution is 0.0203. The van der Waals surface area contributed by atoms with Crippen LogP contribution in [-0.2, 0) is 0 Å². The van der Waals surface area contributed by atoms with Crippen LogP contribution in [-0.4, -0.2) is 67.3 Å². The van der Waals surface area contributed by atoms with Gasteiger partial charge in [0.25, 0.3) is 0 Å². The normalized spacial score (nSPS) is 35.0. The third kappa shape index (κ3) is 31.1. The summed E-state index contributed by atoms with van der Waals surface area (Å²) in [6.07, 6.45) is 37.6. The summed E-state index contributed by atoms with van der Waals surface area (Å²) in [6.45, 7) is 40.8. The second-order valence-corrected chi connectivity index (χ2v) is 30.1. The molecule has 0 aliphatic heterocycles. The van der Waals surface area contributed by atoms with Crippen LogP contribution in [0.3, 0.4) is 0 Å². The Balaban J connectivity index is 0.000000474. The van der Waals surface area contributed by atoms with E-state index in [1.54, 1.807) is 0 Å². The number of rotatable bonds is 19. The Morgan fingerprint density at radius 3 is 1.32 bits per heavy atom. The highest BCUT2D eigenvalue weighted by Crippen LogP contribution is 2.42. The third-order valence-corrected chi connectivity index (χ3v) is 21.1. The summed E-state index contributed by atoms with van der Waals surface area (Å²) in [7, 11) is 0. The van der Waals surface area contributed by atoms with Crippen LogP contribution < -0.4 is 0 Å². The first-order valence-electron chi connectivity index (χ1n) is 35.5. The Morgan fingerprint density at radius 2 is 0.797 bits per heavy atom. The van der Waals surface area contributed by atoms with Crippen molar-refractivity contribution in [2.24, 2.45) is 107 Å². The monoisotopic (exact) mass is 1120 g/mol. The van der Waals surface area contributed by atoms with E-state index >= 15 is 0 Å². The number of hydrogen-bond donors (Lipinski definition) is 6. The Labute approximate surface area is 495 Å². The van der Waals surface area contributed by atoms with Gasteiger partial charge in [-0.1, -0.05) is 202 Å². The molecule has 0 aromatic rings. The summed E-state index contributed by atoms with van der Waals surface area (Å²) in [4.78, 5) is 0. The van der Waals surface area contributed by atoms with Gasteiger partial charge < -0.3 is 30.6 Å². The second kappa shape index (κ2) is 43.4. The van der Waals surface area contributed by atoms with Gasteiger partial charge in [-0.25, -0.2) is 0 Å². The molecule has 6 fully saturated rings. The maximum absolute atomic E-state index is 9.98. The van der Waals surface area contributed by atoms with Crippen molar-refractivity contribution in [2.45, 2.75) is 360 Å². The molecule has 79 heavy (non-hydrogen) atoms. The van der Waals surface area contributed by atoms with Gasteiger partial charge in [0.1, 0.15) is 0 Å². The highest BCUT2D eigenvalue weighted by atomic mass is 16.3. The minimum atomic E-state index is -0.0229. The van der Waals surface area contributed by atoms with E-state index in [2.05, 4.69) is 125 Å². The van der Waals surface area contributed by atoms with E-state index in [0.29, 0.717) is 29.6 Å². The van der Waals surface area contributed by atoms with Crippen molar-refractivity contribution in [3.8, 4) is 0 Å². The SMILES string of the molecule is CCCC1C(O)CCCC1CC(C)C.CCCC1CC(O)CC(C(C)C)C1.CCCC1CC(O)CCC1C(C)C.CCCC1CCC(C(C)C)C(O)C1.CCCC1CCC(O)C(C(C)C)C1.CCCC1CCC(O)CC1C(C)C. The quantitative estimate of drug-likeness (QED) is 0.0766. The van der Waals surface area contributed by atoms with Crippen LogP contribution in [0.15, 0.2) is 0 Å². The van der Waals surface area contributed by atoms with E-state index in [9.17, 15) is 30.6 Å². The van der Waals surface area contributed by atoms with Crippen molar-refractivity contribution < 1.29 is 30.6 Å². The number of aliphatic hydroxyl groups is 6. The molecule has 18 atom stereocenters. The summed E-state index contributed by atoms with van der Waals surface area (Å²) in [5.41, 5.74) is 0. The van der Waals surface area contributed by atoms with Crippen molar-refractivity contribution in [1.82, 2.24) is 0 Å². The maximum Gasteiger partial charge on any atom is 0.0573 e. The Morgan fingerprint density at radius 1 is 0.304 bits per heavy atom. The zero-order valence-electron chi connectivity index (χ0n) is 56.5. The van der Waals surface area contributed by atoms with Gasteiger partial charge in [0.15, 0.2) is 0 Å². The summed E-state index contributed by atoms with van der Waals surface area (Å²) in [6, 6.07) is 0. The van der Waals surface area contributed by atoms with Gasteiger partial charge in [0.2, 0.25) is 0 Å². The molecule has 0 radical (unpaired) electrons. The zero-order chi connectivity index (χ0) is 59.8. The van der Waals surface area contributed by atoms with E-state index < -0.39 is 0 Å². The van der Waals surface area contributed by atoms with Gasteiger partial charge in [-0.2, -0.15) is 0 Å². The lowest BCUT2D eigenvalue weighted by atomic mass is 9.71. The summed E-state index contributed by atoms with van der Waals surface area (Å²) >= 11 is 0. The number of aliphatic hydroxyl groups excluding tert-OH is 6. The molecule has 6 aliphatic rings. The summed E-state index contributed by atoms with van der Waals surface area (Å²) < 4.78 is 0. The maximum atomic E-state index is 9.98. The first-order chi connectivity index (χ1) is 37.4. The molecular formula is C73H146O6. The molecule has 0 heterocycles. The molecule has 18 unspecified atom stereocenters. The van der Waals surface area contributed by atoms with E-state index in [1.165, 1.54) is 141 Å². The largest absolute Gasteiger partial charge is 0.393 e. The second-order valence-electron chi connectivity index (χ2n) is 30.1. The van der Waals surface area contributed by atoms with Crippen molar-refractivity contribution in [1.29, 1.82) is 0 Å². The van der Waals surface area contributed by atoms with E-state index in [1.807, 2.05) is 0 Å². The molecule has 6 rings (SSSR count). The topological polar surface area (TPSA) is 121 Å². The predicted molar refractivity (Wildman–Crippen MR) is 344 cm³/mol. The van der Waals surface area contributed by atoms with Gasteiger partial charge in [-0.05, 0) is 229 Å². The standard InChI is InChI=1S/C13H26O.5C12H24O/c1-4-6-12-11(9-10(2)3)7-5-8-13(12)14;1-4-5-10-6-11(9(2)3)8-12(13)7-10;1-4-5-10-8-11(13)6-7-12(10)9(2)3;1-4-5-10-6-7-11(13)8-12(10)9(2)3;1-4-5-10-6-7-12(13)11(8-10)9(2)3;1-4-5-10-6-7-11(9(2)3)12(13)8-10/h10-14H,4-9H2,1-3H3;5*9-13H,4-8H2,1-3H3. The van der Waals surface area contributed by atoms with Crippen LogP contribution in [0.2, 0.25) is 0 Å². The van der Waals surface area contributed by atoms with Crippen molar-refractivity contribution in [3.63, 3.8) is 0 Å². The molecule has 6 nitrogen and oxygen atoms in total. The smallest absolute Gasteiger partial charge is 0.0573 e. The van der Waals surface area contributed by atoms with Gasteiger partial charge in [0, 0.05) is 0 Å². The molecular weight excluding hydrogens is 973 g/mol. The molecule has 0 bridgehead atoms. The molecule has 6 N–H and O–H groups in total. The first kappa shape index (κ1) is 76.8. The summed E-state index contributed by atoms with van der Waals surface area (Å²) in [5.74, 6) is 13.4. The fourth-order valence-corrected chi connectivity index (χ4v) is 16.6. The van der Waals surface area contributed by atoms with E-state index in [-0.39, 0.29) is 36.6 Å². The van der Waals surface area contributed by atoms with Crippen molar-refractivity contribution in [3.05, 3.63) is 0 Å². The van der Waals surface area contributed by atoms with Gasteiger partial charge in [-0.3, -0.25) is 0 Å². The highest BCUT2D eigenvalue weighted by molar-refractivity contribution is 4.86. The van der Waals surface area contributed by atoms with Crippen LogP contribution in [0.1, 0.15) is 324 Å². The fraction of sp³-hybridized carbons (Fsp3) is 1.00. The average Bonchev–Trinajstić information content (AvgIpc) is 3.37. The summed E-state index contributed by atoms with van der Waals surface area (Å²) in [5, 5.41) is 58.7. The van der Waals surface area contributed by atoms with Gasteiger partial charge >= 0.3 is 0 Å². The molecule has 0 amide bonds. The molecule has 6 heteroatoms. The minimum Gasteiger partial charge on any atom is -0.393 e. The molecule has 6 aliphatic carbocycles. The third-order valence-electron chi connectivity index (χ3n) is 21.1. The van der Waals surface area contributed by atoms with Crippen LogP contribution in [0.25, 0.3) is 0 Å². The van der Waals surface area contributed by atoms with Gasteiger partial charge in [-0.15, -0.1) is 0 Å².